The van der Waals surface area contributed by atoms with E-state index in [2.05, 4.69) is 0 Å². The monoisotopic (exact) mass is 219 g/mol. The molecule has 0 spiro atoms. The predicted octanol–water partition coefficient (Wildman–Crippen LogP) is 3.52. The molecule has 0 saturated heterocycles. The van der Waals surface area contributed by atoms with Gasteiger partial charge in [-0.15, -0.1) is 0 Å². The van der Waals surface area contributed by atoms with Crippen molar-refractivity contribution >= 4 is 5.69 Å². The highest BCUT2D eigenvalue weighted by Gasteiger charge is 2.10. The van der Waals surface area contributed by atoms with Gasteiger partial charge in [-0.3, -0.25) is 0 Å². The molecule has 16 heavy (non-hydrogen) atoms. The normalized spacial score (nSPS) is 10.4. The number of nitrogen functional groups attached to an aromatic ring is 1. The average Bonchev–Trinajstić information content (AvgIpc) is 2.27. The summed E-state index contributed by atoms with van der Waals surface area (Å²) in [7, 11) is 0. The van der Waals surface area contributed by atoms with Gasteiger partial charge in [0.1, 0.15) is 11.6 Å². The van der Waals surface area contributed by atoms with Crippen LogP contribution in [0.25, 0.3) is 11.1 Å². The standard InChI is InChI=1S/C13H11F2N/c1-8-9(4-2-6-11(8)14)10-5-3-7-12(15)13(10)16/h2-7H,16H2,1H3. The number of rotatable bonds is 1. The zero-order valence-electron chi connectivity index (χ0n) is 8.80. The molecular weight excluding hydrogens is 208 g/mol. The molecule has 0 heterocycles. The fourth-order valence-electron chi connectivity index (χ4n) is 1.67. The number of para-hydroxylation sites is 1. The molecule has 0 aromatic heterocycles. The molecule has 0 saturated carbocycles. The summed E-state index contributed by atoms with van der Waals surface area (Å²) in [5, 5.41) is 0. The lowest BCUT2D eigenvalue weighted by Gasteiger charge is -2.10. The summed E-state index contributed by atoms with van der Waals surface area (Å²) < 4.78 is 26.6. The first-order valence-electron chi connectivity index (χ1n) is 4.90. The van der Waals surface area contributed by atoms with Crippen LogP contribution in [0.1, 0.15) is 5.56 Å². The predicted molar refractivity (Wildman–Crippen MR) is 60.9 cm³/mol. The SMILES string of the molecule is Cc1c(F)cccc1-c1cccc(F)c1N. The highest BCUT2D eigenvalue weighted by atomic mass is 19.1. The zero-order valence-corrected chi connectivity index (χ0v) is 8.80. The van der Waals surface area contributed by atoms with Crippen LogP contribution in [-0.4, -0.2) is 0 Å². The lowest BCUT2D eigenvalue weighted by Crippen LogP contribution is -1.96. The smallest absolute Gasteiger partial charge is 0.146 e. The molecule has 2 aromatic rings. The third kappa shape index (κ3) is 1.65. The summed E-state index contributed by atoms with van der Waals surface area (Å²) in [4.78, 5) is 0. The summed E-state index contributed by atoms with van der Waals surface area (Å²) in [6.45, 7) is 1.65. The Morgan fingerprint density at radius 1 is 0.875 bits per heavy atom. The van der Waals surface area contributed by atoms with E-state index in [9.17, 15) is 8.78 Å². The van der Waals surface area contributed by atoms with E-state index < -0.39 is 5.82 Å². The minimum Gasteiger partial charge on any atom is -0.396 e. The molecule has 0 unspecified atom stereocenters. The Balaban J connectivity index is 2.68. The molecule has 1 nitrogen and oxygen atoms in total. The average molecular weight is 219 g/mol. The van der Waals surface area contributed by atoms with E-state index in [-0.39, 0.29) is 11.5 Å². The maximum atomic E-state index is 13.4. The molecule has 0 amide bonds. The Morgan fingerprint density at radius 3 is 2.12 bits per heavy atom. The first kappa shape index (κ1) is 10.6. The molecule has 2 rings (SSSR count). The molecule has 2 N–H and O–H groups in total. The number of hydrogen-bond acceptors (Lipinski definition) is 1. The molecular formula is C13H11F2N. The highest BCUT2D eigenvalue weighted by molar-refractivity contribution is 5.78. The third-order valence-electron chi connectivity index (χ3n) is 2.61. The van der Waals surface area contributed by atoms with Crippen molar-refractivity contribution in [3.8, 4) is 11.1 Å². The van der Waals surface area contributed by atoms with Crippen LogP contribution >= 0.6 is 0 Å². The van der Waals surface area contributed by atoms with E-state index in [1.807, 2.05) is 0 Å². The molecule has 0 aliphatic rings. The Labute approximate surface area is 92.5 Å². The number of nitrogens with two attached hydrogens (primary N) is 1. The van der Waals surface area contributed by atoms with Crippen LogP contribution in [0, 0.1) is 18.6 Å². The van der Waals surface area contributed by atoms with Crippen molar-refractivity contribution in [1.29, 1.82) is 0 Å². The van der Waals surface area contributed by atoms with Crippen LogP contribution in [0.2, 0.25) is 0 Å². The second-order valence-corrected chi connectivity index (χ2v) is 3.61. The van der Waals surface area contributed by atoms with E-state index in [4.69, 9.17) is 5.73 Å². The Kier molecular flexibility index (Phi) is 2.60. The molecule has 82 valence electrons. The third-order valence-corrected chi connectivity index (χ3v) is 2.61. The second-order valence-electron chi connectivity index (χ2n) is 3.61. The first-order chi connectivity index (χ1) is 7.61. The van der Waals surface area contributed by atoms with Crippen LogP contribution in [0.5, 0.6) is 0 Å². The van der Waals surface area contributed by atoms with Gasteiger partial charge in [-0.25, -0.2) is 8.78 Å². The Bertz CT molecular complexity index is 486. The molecule has 2 aromatic carbocycles. The minimum absolute atomic E-state index is 0.0520. The minimum atomic E-state index is -0.485. The fraction of sp³-hybridized carbons (Fsp3) is 0.0769. The lowest BCUT2D eigenvalue weighted by molar-refractivity contribution is 0.619. The largest absolute Gasteiger partial charge is 0.396 e. The molecule has 0 atom stereocenters. The van der Waals surface area contributed by atoms with Crippen molar-refractivity contribution in [2.24, 2.45) is 0 Å². The topological polar surface area (TPSA) is 26.0 Å². The maximum Gasteiger partial charge on any atom is 0.146 e. The molecule has 0 bridgehead atoms. The number of hydrogen-bond donors (Lipinski definition) is 1. The van der Waals surface area contributed by atoms with Crippen molar-refractivity contribution in [1.82, 2.24) is 0 Å². The maximum absolute atomic E-state index is 13.4. The number of anilines is 1. The number of benzene rings is 2. The highest BCUT2D eigenvalue weighted by Crippen LogP contribution is 2.31. The van der Waals surface area contributed by atoms with Gasteiger partial charge in [-0.2, -0.15) is 0 Å². The van der Waals surface area contributed by atoms with E-state index >= 15 is 0 Å². The van der Waals surface area contributed by atoms with E-state index in [0.717, 1.165) is 0 Å². The lowest BCUT2D eigenvalue weighted by atomic mass is 9.98. The van der Waals surface area contributed by atoms with Gasteiger partial charge < -0.3 is 5.73 Å². The van der Waals surface area contributed by atoms with Crippen LogP contribution < -0.4 is 5.73 Å². The van der Waals surface area contributed by atoms with Gasteiger partial charge >= 0.3 is 0 Å². The van der Waals surface area contributed by atoms with E-state index in [1.54, 1.807) is 31.2 Å². The quantitative estimate of drug-likeness (QED) is 0.729. The summed E-state index contributed by atoms with van der Waals surface area (Å²) in [5.74, 6) is -0.803. The summed E-state index contributed by atoms with van der Waals surface area (Å²) in [6, 6.07) is 9.21. The van der Waals surface area contributed by atoms with Gasteiger partial charge in [0.25, 0.3) is 0 Å². The van der Waals surface area contributed by atoms with Gasteiger partial charge in [0, 0.05) is 5.56 Å². The van der Waals surface area contributed by atoms with E-state index in [1.165, 1.54) is 12.1 Å². The molecule has 0 fully saturated rings. The van der Waals surface area contributed by atoms with Crippen molar-refractivity contribution in [3.05, 3.63) is 53.6 Å². The van der Waals surface area contributed by atoms with Crippen LogP contribution in [0.4, 0.5) is 14.5 Å². The van der Waals surface area contributed by atoms with Crippen molar-refractivity contribution < 1.29 is 8.78 Å². The zero-order chi connectivity index (χ0) is 11.7. The molecule has 3 heteroatoms. The van der Waals surface area contributed by atoms with E-state index in [0.29, 0.717) is 16.7 Å². The van der Waals surface area contributed by atoms with Gasteiger partial charge in [0.05, 0.1) is 5.69 Å². The van der Waals surface area contributed by atoms with Crippen LogP contribution in [0.15, 0.2) is 36.4 Å². The van der Waals surface area contributed by atoms with Gasteiger partial charge in [0.15, 0.2) is 0 Å². The summed E-state index contributed by atoms with van der Waals surface area (Å²) in [6.07, 6.45) is 0. The Hall–Kier alpha value is -1.90. The van der Waals surface area contributed by atoms with Crippen molar-refractivity contribution in [2.45, 2.75) is 6.92 Å². The summed E-state index contributed by atoms with van der Waals surface area (Å²) in [5.41, 5.74) is 7.31. The van der Waals surface area contributed by atoms with Gasteiger partial charge in [-0.1, -0.05) is 24.3 Å². The summed E-state index contributed by atoms with van der Waals surface area (Å²) >= 11 is 0. The van der Waals surface area contributed by atoms with Crippen molar-refractivity contribution in [2.75, 3.05) is 5.73 Å². The van der Waals surface area contributed by atoms with Gasteiger partial charge in [-0.05, 0) is 30.2 Å². The van der Waals surface area contributed by atoms with Crippen LogP contribution in [-0.2, 0) is 0 Å². The molecule has 0 radical (unpaired) electrons. The first-order valence-corrected chi connectivity index (χ1v) is 4.90. The van der Waals surface area contributed by atoms with Gasteiger partial charge in [0.2, 0.25) is 0 Å². The molecule has 0 aliphatic heterocycles. The molecule has 0 aliphatic carbocycles. The van der Waals surface area contributed by atoms with Crippen LogP contribution in [0.3, 0.4) is 0 Å². The number of halogens is 2. The van der Waals surface area contributed by atoms with Crippen molar-refractivity contribution in [3.63, 3.8) is 0 Å². The Morgan fingerprint density at radius 2 is 1.44 bits per heavy atom. The fourth-order valence-corrected chi connectivity index (χ4v) is 1.67. The second kappa shape index (κ2) is 3.93.